The molecule has 0 saturated carbocycles. The van der Waals surface area contributed by atoms with Crippen LogP contribution < -0.4 is 15.4 Å². The molecule has 2 aromatic carbocycles. The van der Waals surface area contributed by atoms with Crippen molar-refractivity contribution in [3.63, 3.8) is 0 Å². The van der Waals surface area contributed by atoms with E-state index in [1.807, 2.05) is 54.6 Å². The molecule has 2 atom stereocenters. The SMILES string of the molecule is CCc1ccccc1OC(C(=O)NC1CCNC1)c1ccccc1. The van der Waals surface area contributed by atoms with Crippen molar-refractivity contribution in [1.82, 2.24) is 10.6 Å². The van der Waals surface area contributed by atoms with Crippen molar-refractivity contribution in [2.45, 2.75) is 31.9 Å². The summed E-state index contributed by atoms with van der Waals surface area (Å²) in [6.07, 6.45) is 1.18. The monoisotopic (exact) mass is 324 g/mol. The van der Waals surface area contributed by atoms with Crippen LogP contribution in [0.25, 0.3) is 0 Å². The van der Waals surface area contributed by atoms with Crippen LogP contribution in [0.5, 0.6) is 5.75 Å². The zero-order valence-electron chi connectivity index (χ0n) is 14.0. The average molecular weight is 324 g/mol. The van der Waals surface area contributed by atoms with Gasteiger partial charge in [-0.15, -0.1) is 0 Å². The van der Waals surface area contributed by atoms with Crippen LogP contribution in [0, 0.1) is 0 Å². The zero-order valence-corrected chi connectivity index (χ0v) is 14.0. The zero-order chi connectivity index (χ0) is 16.8. The summed E-state index contributed by atoms with van der Waals surface area (Å²) in [5.41, 5.74) is 1.97. The smallest absolute Gasteiger partial charge is 0.266 e. The van der Waals surface area contributed by atoms with Crippen molar-refractivity contribution in [2.75, 3.05) is 13.1 Å². The van der Waals surface area contributed by atoms with Crippen LogP contribution in [0.4, 0.5) is 0 Å². The number of carbonyl (C=O) groups is 1. The Hall–Kier alpha value is -2.33. The van der Waals surface area contributed by atoms with Gasteiger partial charge in [-0.05, 0) is 31.0 Å². The lowest BCUT2D eigenvalue weighted by atomic mass is 10.1. The molecule has 4 nitrogen and oxygen atoms in total. The second kappa shape index (κ2) is 7.97. The number of hydrogen-bond acceptors (Lipinski definition) is 3. The molecule has 0 aliphatic carbocycles. The molecule has 2 unspecified atom stereocenters. The van der Waals surface area contributed by atoms with Crippen molar-refractivity contribution in [3.05, 3.63) is 65.7 Å². The Morgan fingerprint density at radius 1 is 1.21 bits per heavy atom. The minimum atomic E-state index is -0.639. The number of para-hydroxylation sites is 1. The first kappa shape index (κ1) is 16.5. The summed E-state index contributed by atoms with van der Waals surface area (Å²) in [5.74, 6) is 0.689. The minimum Gasteiger partial charge on any atom is -0.476 e. The maximum atomic E-state index is 12.8. The van der Waals surface area contributed by atoms with Crippen LogP contribution in [0.15, 0.2) is 54.6 Å². The van der Waals surface area contributed by atoms with Gasteiger partial charge < -0.3 is 15.4 Å². The molecule has 24 heavy (non-hydrogen) atoms. The van der Waals surface area contributed by atoms with E-state index in [1.54, 1.807) is 0 Å². The first-order valence-electron chi connectivity index (χ1n) is 8.58. The Morgan fingerprint density at radius 2 is 1.96 bits per heavy atom. The van der Waals surface area contributed by atoms with E-state index in [4.69, 9.17) is 4.74 Å². The Labute approximate surface area is 143 Å². The van der Waals surface area contributed by atoms with E-state index in [2.05, 4.69) is 17.6 Å². The van der Waals surface area contributed by atoms with Gasteiger partial charge in [0.25, 0.3) is 5.91 Å². The number of aryl methyl sites for hydroxylation is 1. The van der Waals surface area contributed by atoms with Gasteiger partial charge in [-0.1, -0.05) is 55.5 Å². The van der Waals surface area contributed by atoms with Crippen LogP contribution in [-0.4, -0.2) is 25.0 Å². The summed E-state index contributed by atoms with van der Waals surface area (Å²) < 4.78 is 6.16. The fourth-order valence-corrected chi connectivity index (χ4v) is 2.99. The molecule has 0 spiro atoms. The third-order valence-corrected chi connectivity index (χ3v) is 4.35. The first-order chi connectivity index (χ1) is 11.8. The summed E-state index contributed by atoms with van der Waals surface area (Å²) in [6.45, 7) is 3.85. The maximum absolute atomic E-state index is 12.8. The predicted octanol–water partition coefficient (Wildman–Crippen LogP) is 2.85. The second-order valence-corrected chi connectivity index (χ2v) is 6.07. The molecule has 0 bridgehead atoms. The Balaban J connectivity index is 1.83. The van der Waals surface area contributed by atoms with E-state index in [9.17, 15) is 4.79 Å². The molecule has 1 aliphatic rings. The van der Waals surface area contributed by atoms with Crippen molar-refractivity contribution >= 4 is 5.91 Å². The van der Waals surface area contributed by atoms with Gasteiger partial charge in [-0.25, -0.2) is 0 Å². The standard InChI is InChI=1S/C20H24N2O2/c1-2-15-8-6-7-11-18(15)24-19(16-9-4-3-5-10-16)20(23)22-17-12-13-21-14-17/h3-11,17,19,21H,2,12-14H2,1H3,(H,22,23). The predicted molar refractivity (Wildman–Crippen MR) is 95.0 cm³/mol. The molecule has 1 amide bonds. The number of carbonyl (C=O) groups excluding carboxylic acids is 1. The number of nitrogens with one attached hydrogen (secondary N) is 2. The molecule has 4 heteroatoms. The quantitative estimate of drug-likeness (QED) is 0.859. The Bertz CT molecular complexity index is 666. The number of ether oxygens (including phenoxy) is 1. The van der Waals surface area contributed by atoms with Gasteiger partial charge in [0.05, 0.1) is 0 Å². The van der Waals surface area contributed by atoms with Gasteiger partial charge in [0.2, 0.25) is 6.10 Å². The summed E-state index contributed by atoms with van der Waals surface area (Å²) in [7, 11) is 0. The molecule has 1 heterocycles. The van der Waals surface area contributed by atoms with Crippen molar-refractivity contribution in [2.24, 2.45) is 0 Å². The maximum Gasteiger partial charge on any atom is 0.266 e. The number of hydrogen-bond donors (Lipinski definition) is 2. The topological polar surface area (TPSA) is 50.4 Å². The molecule has 1 saturated heterocycles. The van der Waals surface area contributed by atoms with E-state index >= 15 is 0 Å². The van der Waals surface area contributed by atoms with Crippen LogP contribution in [0.2, 0.25) is 0 Å². The summed E-state index contributed by atoms with van der Waals surface area (Å²) in [5, 5.41) is 6.38. The second-order valence-electron chi connectivity index (χ2n) is 6.07. The lowest BCUT2D eigenvalue weighted by Gasteiger charge is -2.22. The fraction of sp³-hybridized carbons (Fsp3) is 0.350. The molecule has 0 radical (unpaired) electrons. The van der Waals surface area contributed by atoms with E-state index in [0.29, 0.717) is 0 Å². The van der Waals surface area contributed by atoms with Crippen molar-refractivity contribution in [1.29, 1.82) is 0 Å². The van der Waals surface area contributed by atoms with E-state index in [1.165, 1.54) is 0 Å². The van der Waals surface area contributed by atoms with Crippen molar-refractivity contribution < 1.29 is 9.53 Å². The number of rotatable bonds is 6. The molecule has 1 fully saturated rings. The molecular formula is C20H24N2O2. The Morgan fingerprint density at radius 3 is 2.67 bits per heavy atom. The molecule has 3 rings (SSSR count). The normalized spacial score (nSPS) is 18.1. The van der Waals surface area contributed by atoms with Gasteiger partial charge >= 0.3 is 0 Å². The third-order valence-electron chi connectivity index (χ3n) is 4.35. The summed E-state index contributed by atoms with van der Waals surface area (Å²) in [6, 6.07) is 17.8. The van der Waals surface area contributed by atoms with Crippen molar-refractivity contribution in [3.8, 4) is 5.75 Å². The van der Waals surface area contributed by atoms with Gasteiger partial charge in [0, 0.05) is 18.2 Å². The van der Waals surface area contributed by atoms with E-state index in [-0.39, 0.29) is 11.9 Å². The van der Waals surface area contributed by atoms with Gasteiger partial charge in [0.15, 0.2) is 0 Å². The summed E-state index contributed by atoms with van der Waals surface area (Å²) >= 11 is 0. The number of amides is 1. The van der Waals surface area contributed by atoms with E-state index in [0.717, 1.165) is 42.8 Å². The highest BCUT2D eigenvalue weighted by Crippen LogP contribution is 2.26. The lowest BCUT2D eigenvalue weighted by molar-refractivity contribution is -0.128. The minimum absolute atomic E-state index is 0.0826. The van der Waals surface area contributed by atoms with E-state index < -0.39 is 6.10 Å². The van der Waals surface area contributed by atoms with Crippen LogP contribution in [-0.2, 0) is 11.2 Å². The van der Waals surface area contributed by atoms with Crippen LogP contribution in [0.1, 0.15) is 30.6 Å². The lowest BCUT2D eigenvalue weighted by Crippen LogP contribution is -2.40. The fourth-order valence-electron chi connectivity index (χ4n) is 2.99. The third kappa shape index (κ3) is 3.95. The first-order valence-corrected chi connectivity index (χ1v) is 8.58. The molecule has 126 valence electrons. The highest BCUT2D eigenvalue weighted by atomic mass is 16.5. The largest absolute Gasteiger partial charge is 0.476 e. The molecule has 2 aromatic rings. The highest BCUT2D eigenvalue weighted by Gasteiger charge is 2.26. The molecule has 0 aromatic heterocycles. The highest BCUT2D eigenvalue weighted by molar-refractivity contribution is 5.83. The van der Waals surface area contributed by atoms with Crippen LogP contribution >= 0.6 is 0 Å². The van der Waals surface area contributed by atoms with Gasteiger partial charge in [0.1, 0.15) is 5.75 Å². The molecule has 2 N–H and O–H groups in total. The van der Waals surface area contributed by atoms with Crippen LogP contribution in [0.3, 0.4) is 0 Å². The van der Waals surface area contributed by atoms with Gasteiger partial charge in [-0.2, -0.15) is 0 Å². The Kier molecular flexibility index (Phi) is 5.49. The average Bonchev–Trinajstić information content (AvgIpc) is 3.13. The van der Waals surface area contributed by atoms with Gasteiger partial charge in [-0.3, -0.25) is 4.79 Å². The number of benzene rings is 2. The summed E-state index contributed by atoms with van der Waals surface area (Å²) in [4.78, 5) is 12.8. The molecule has 1 aliphatic heterocycles. The molecular weight excluding hydrogens is 300 g/mol.